The summed E-state index contributed by atoms with van der Waals surface area (Å²) in [4.78, 5) is 11.4. The molecule has 0 aromatic heterocycles. The number of hydrogen-bond acceptors (Lipinski definition) is 3. The molecule has 0 aliphatic rings. The highest BCUT2D eigenvalue weighted by molar-refractivity contribution is 5.83. The Morgan fingerprint density at radius 3 is 2.75 bits per heavy atom. The molecule has 16 heavy (non-hydrogen) atoms. The first-order valence-corrected chi connectivity index (χ1v) is 5.50. The molecule has 0 aliphatic heterocycles. The van der Waals surface area contributed by atoms with E-state index in [0.29, 0.717) is 12.8 Å². The molecule has 1 rings (SSSR count). The topological polar surface area (TPSA) is 52.3 Å². The standard InChI is InChI=1S/C13H19NO2/c1-4-12(15)11(14)8-10-7-5-6-9(2)13(10)16-3/h5-7,11H,4,8,14H2,1-3H3. The van der Waals surface area contributed by atoms with E-state index in [0.717, 1.165) is 16.9 Å². The van der Waals surface area contributed by atoms with Gasteiger partial charge in [-0.25, -0.2) is 0 Å². The summed E-state index contributed by atoms with van der Waals surface area (Å²) in [5, 5.41) is 0. The molecule has 0 fully saturated rings. The minimum absolute atomic E-state index is 0.0866. The number of benzene rings is 1. The van der Waals surface area contributed by atoms with Gasteiger partial charge in [0.2, 0.25) is 0 Å². The van der Waals surface area contributed by atoms with Crippen LogP contribution in [0, 0.1) is 6.92 Å². The maximum Gasteiger partial charge on any atom is 0.149 e. The summed E-state index contributed by atoms with van der Waals surface area (Å²) in [7, 11) is 1.64. The van der Waals surface area contributed by atoms with Crippen molar-refractivity contribution in [1.29, 1.82) is 0 Å². The van der Waals surface area contributed by atoms with E-state index in [2.05, 4.69) is 0 Å². The molecule has 0 saturated heterocycles. The number of ketones is 1. The quantitative estimate of drug-likeness (QED) is 0.825. The Bertz CT molecular complexity index is 374. The summed E-state index contributed by atoms with van der Waals surface area (Å²) < 4.78 is 5.32. The lowest BCUT2D eigenvalue weighted by Crippen LogP contribution is -2.32. The second-order valence-corrected chi connectivity index (χ2v) is 3.90. The van der Waals surface area contributed by atoms with Crippen molar-refractivity contribution in [2.24, 2.45) is 5.73 Å². The molecule has 88 valence electrons. The van der Waals surface area contributed by atoms with Gasteiger partial charge < -0.3 is 10.5 Å². The Hall–Kier alpha value is -1.35. The van der Waals surface area contributed by atoms with Crippen LogP contribution >= 0.6 is 0 Å². The number of carbonyl (C=O) groups is 1. The molecule has 3 nitrogen and oxygen atoms in total. The minimum Gasteiger partial charge on any atom is -0.496 e. The molecule has 0 radical (unpaired) electrons. The molecular weight excluding hydrogens is 202 g/mol. The SMILES string of the molecule is CCC(=O)C(N)Cc1cccc(C)c1OC. The molecule has 2 N–H and O–H groups in total. The van der Waals surface area contributed by atoms with Crippen LogP contribution in [-0.4, -0.2) is 18.9 Å². The Balaban J connectivity index is 2.88. The van der Waals surface area contributed by atoms with Crippen molar-refractivity contribution in [2.75, 3.05) is 7.11 Å². The van der Waals surface area contributed by atoms with Gasteiger partial charge in [-0.05, 0) is 24.5 Å². The maximum atomic E-state index is 11.4. The van der Waals surface area contributed by atoms with Gasteiger partial charge >= 0.3 is 0 Å². The first kappa shape index (κ1) is 12.7. The molecule has 3 heteroatoms. The molecule has 0 aliphatic carbocycles. The molecule has 0 amide bonds. The van der Waals surface area contributed by atoms with Crippen LogP contribution in [0.15, 0.2) is 18.2 Å². The summed E-state index contributed by atoms with van der Waals surface area (Å²) in [6, 6.07) is 5.46. The van der Waals surface area contributed by atoms with Gasteiger partial charge in [0.1, 0.15) is 11.5 Å². The molecule has 1 unspecified atom stereocenters. The highest BCUT2D eigenvalue weighted by Gasteiger charge is 2.15. The van der Waals surface area contributed by atoms with Crippen molar-refractivity contribution >= 4 is 5.78 Å². The first-order chi connectivity index (χ1) is 7.60. The average molecular weight is 221 g/mol. The molecule has 1 atom stereocenters. The van der Waals surface area contributed by atoms with Crippen LogP contribution in [0.25, 0.3) is 0 Å². The lowest BCUT2D eigenvalue weighted by atomic mass is 9.99. The Labute approximate surface area is 96.6 Å². The van der Waals surface area contributed by atoms with Crippen LogP contribution in [0.4, 0.5) is 0 Å². The minimum atomic E-state index is -0.430. The number of hydrogen-bond donors (Lipinski definition) is 1. The largest absolute Gasteiger partial charge is 0.496 e. The van der Waals surface area contributed by atoms with Crippen LogP contribution in [0.3, 0.4) is 0 Å². The lowest BCUT2D eigenvalue weighted by molar-refractivity contribution is -0.119. The number of nitrogens with two attached hydrogens (primary N) is 1. The van der Waals surface area contributed by atoms with Crippen LogP contribution in [-0.2, 0) is 11.2 Å². The smallest absolute Gasteiger partial charge is 0.149 e. The second-order valence-electron chi connectivity index (χ2n) is 3.90. The van der Waals surface area contributed by atoms with Gasteiger partial charge in [0, 0.05) is 6.42 Å². The van der Waals surface area contributed by atoms with E-state index in [1.807, 2.05) is 32.0 Å². The van der Waals surface area contributed by atoms with Gasteiger partial charge in [-0.15, -0.1) is 0 Å². The van der Waals surface area contributed by atoms with Crippen LogP contribution in [0.1, 0.15) is 24.5 Å². The van der Waals surface area contributed by atoms with Gasteiger partial charge in [0.15, 0.2) is 0 Å². The van der Waals surface area contributed by atoms with E-state index in [-0.39, 0.29) is 5.78 Å². The van der Waals surface area contributed by atoms with Gasteiger partial charge in [0.25, 0.3) is 0 Å². The molecule has 0 saturated carbocycles. The van der Waals surface area contributed by atoms with Crippen LogP contribution in [0.5, 0.6) is 5.75 Å². The molecule has 1 aromatic carbocycles. The number of Topliss-reactive ketones (excluding diaryl/α,β-unsaturated/α-hetero) is 1. The number of carbonyl (C=O) groups excluding carboxylic acids is 1. The van der Waals surface area contributed by atoms with Gasteiger partial charge in [-0.1, -0.05) is 25.1 Å². The third kappa shape index (κ3) is 2.83. The fraction of sp³-hybridized carbons (Fsp3) is 0.462. The van der Waals surface area contributed by atoms with Crippen molar-refractivity contribution in [3.8, 4) is 5.75 Å². The molecule has 1 aromatic rings. The zero-order chi connectivity index (χ0) is 12.1. The van der Waals surface area contributed by atoms with Gasteiger partial charge in [-0.3, -0.25) is 4.79 Å². The summed E-state index contributed by atoms with van der Waals surface area (Å²) in [6.45, 7) is 3.81. The first-order valence-electron chi connectivity index (χ1n) is 5.50. The monoisotopic (exact) mass is 221 g/mol. The fourth-order valence-corrected chi connectivity index (χ4v) is 1.78. The highest BCUT2D eigenvalue weighted by atomic mass is 16.5. The van der Waals surface area contributed by atoms with Crippen molar-refractivity contribution in [3.63, 3.8) is 0 Å². The number of ether oxygens (including phenoxy) is 1. The normalized spacial score (nSPS) is 12.2. The summed E-state index contributed by atoms with van der Waals surface area (Å²) >= 11 is 0. The van der Waals surface area contributed by atoms with Gasteiger partial charge in [-0.2, -0.15) is 0 Å². The predicted molar refractivity (Wildman–Crippen MR) is 64.7 cm³/mol. The average Bonchev–Trinajstić information content (AvgIpc) is 2.28. The number of para-hydroxylation sites is 1. The Kier molecular flexibility index (Phi) is 4.50. The van der Waals surface area contributed by atoms with E-state index in [9.17, 15) is 4.79 Å². The van der Waals surface area contributed by atoms with E-state index in [1.54, 1.807) is 7.11 Å². The number of aryl methyl sites for hydroxylation is 1. The third-order valence-corrected chi connectivity index (χ3v) is 2.70. The number of methoxy groups -OCH3 is 1. The van der Waals surface area contributed by atoms with Crippen LogP contribution in [0.2, 0.25) is 0 Å². The van der Waals surface area contributed by atoms with Crippen molar-refractivity contribution in [2.45, 2.75) is 32.7 Å². The van der Waals surface area contributed by atoms with E-state index in [4.69, 9.17) is 10.5 Å². The fourth-order valence-electron chi connectivity index (χ4n) is 1.78. The molecule has 0 heterocycles. The maximum absolute atomic E-state index is 11.4. The van der Waals surface area contributed by atoms with Crippen molar-refractivity contribution < 1.29 is 9.53 Å². The Morgan fingerprint density at radius 2 is 2.19 bits per heavy atom. The van der Waals surface area contributed by atoms with Gasteiger partial charge in [0.05, 0.1) is 13.2 Å². The summed E-state index contributed by atoms with van der Waals surface area (Å²) in [5.41, 5.74) is 7.89. The zero-order valence-corrected chi connectivity index (χ0v) is 10.1. The molecular formula is C13H19NO2. The van der Waals surface area contributed by atoms with E-state index < -0.39 is 6.04 Å². The summed E-state index contributed by atoms with van der Waals surface area (Å²) in [6.07, 6.45) is 1.02. The molecule has 0 bridgehead atoms. The summed E-state index contributed by atoms with van der Waals surface area (Å²) in [5.74, 6) is 0.922. The van der Waals surface area contributed by atoms with Crippen LogP contribution < -0.4 is 10.5 Å². The van der Waals surface area contributed by atoms with E-state index in [1.165, 1.54) is 0 Å². The second kappa shape index (κ2) is 5.66. The molecule has 0 spiro atoms. The lowest BCUT2D eigenvalue weighted by Gasteiger charge is -2.14. The van der Waals surface area contributed by atoms with E-state index >= 15 is 0 Å². The Morgan fingerprint density at radius 1 is 1.50 bits per heavy atom. The highest BCUT2D eigenvalue weighted by Crippen LogP contribution is 2.24. The van der Waals surface area contributed by atoms with Crippen molar-refractivity contribution in [3.05, 3.63) is 29.3 Å². The van der Waals surface area contributed by atoms with Crippen molar-refractivity contribution in [1.82, 2.24) is 0 Å². The third-order valence-electron chi connectivity index (χ3n) is 2.70. The predicted octanol–water partition coefficient (Wildman–Crippen LogP) is 1.85. The number of rotatable bonds is 5. The zero-order valence-electron chi connectivity index (χ0n) is 10.1.